The third-order valence-electron chi connectivity index (χ3n) is 5.15. The molecule has 0 heterocycles. The van der Waals surface area contributed by atoms with Crippen molar-refractivity contribution in [3.8, 4) is 0 Å². The molecule has 1 nitrogen and oxygen atoms in total. The molecule has 1 aliphatic rings. The summed E-state index contributed by atoms with van der Waals surface area (Å²) in [6.07, 6.45) is 11.5. The monoisotopic (exact) mass is 239 g/mol. The second-order valence-corrected chi connectivity index (χ2v) is 6.33. The summed E-state index contributed by atoms with van der Waals surface area (Å²) in [7, 11) is 0. The van der Waals surface area contributed by atoms with Crippen molar-refractivity contribution in [2.75, 3.05) is 6.54 Å². The SMILES string of the molecule is CCC(CCC(C)C1CCCCC1)C(C)CN. The molecule has 3 atom stereocenters. The van der Waals surface area contributed by atoms with Gasteiger partial charge in [-0.25, -0.2) is 0 Å². The van der Waals surface area contributed by atoms with Crippen molar-refractivity contribution in [2.45, 2.75) is 72.1 Å². The Bertz CT molecular complexity index is 184. The molecular weight excluding hydrogens is 206 g/mol. The summed E-state index contributed by atoms with van der Waals surface area (Å²) in [5.74, 6) is 3.52. The van der Waals surface area contributed by atoms with Crippen LogP contribution in [0.15, 0.2) is 0 Å². The molecule has 0 aromatic carbocycles. The Morgan fingerprint density at radius 1 is 1.06 bits per heavy atom. The van der Waals surface area contributed by atoms with Gasteiger partial charge in [0.25, 0.3) is 0 Å². The molecule has 0 radical (unpaired) electrons. The summed E-state index contributed by atoms with van der Waals surface area (Å²) in [4.78, 5) is 0. The van der Waals surface area contributed by atoms with E-state index in [0.717, 1.165) is 24.3 Å². The van der Waals surface area contributed by atoms with Gasteiger partial charge in [-0.05, 0) is 36.6 Å². The van der Waals surface area contributed by atoms with Crippen molar-refractivity contribution in [1.29, 1.82) is 0 Å². The van der Waals surface area contributed by atoms with Gasteiger partial charge in [0.15, 0.2) is 0 Å². The summed E-state index contributed by atoms with van der Waals surface area (Å²) in [6.45, 7) is 7.98. The molecule has 0 aromatic heterocycles. The van der Waals surface area contributed by atoms with Crippen LogP contribution in [-0.4, -0.2) is 6.54 Å². The predicted molar refractivity (Wildman–Crippen MR) is 77.0 cm³/mol. The van der Waals surface area contributed by atoms with Crippen molar-refractivity contribution in [3.63, 3.8) is 0 Å². The predicted octanol–water partition coefficient (Wildman–Crippen LogP) is 4.60. The van der Waals surface area contributed by atoms with Gasteiger partial charge in [-0.15, -0.1) is 0 Å². The standard InChI is InChI=1S/C16H33N/c1-4-15(14(3)12-17)11-10-13(2)16-8-6-5-7-9-16/h13-16H,4-12,17H2,1-3H3. The van der Waals surface area contributed by atoms with Crippen LogP contribution in [0.5, 0.6) is 0 Å². The van der Waals surface area contributed by atoms with E-state index in [4.69, 9.17) is 5.73 Å². The lowest BCUT2D eigenvalue weighted by Gasteiger charge is -2.29. The average molecular weight is 239 g/mol. The smallest absolute Gasteiger partial charge is 0.00489 e. The second kappa shape index (κ2) is 8.13. The molecule has 0 spiro atoms. The van der Waals surface area contributed by atoms with Crippen molar-refractivity contribution in [3.05, 3.63) is 0 Å². The number of rotatable bonds is 7. The summed E-state index contributed by atoms with van der Waals surface area (Å²) < 4.78 is 0. The zero-order chi connectivity index (χ0) is 12.7. The Morgan fingerprint density at radius 2 is 1.71 bits per heavy atom. The highest BCUT2D eigenvalue weighted by molar-refractivity contribution is 4.74. The van der Waals surface area contributed by atoms with Gasteiger partial charge in [0.05, 0.1) is 0 Å². The highest BCUT2D eigenvalue weighted by Crippen LogP contribution is 2.33. The van der Waals surface area contributed by atoms with Crippen LogP contribution in [-0.2, 0) is 0 Å². The van der Waals surface area contributed by atoms with E-state index in [1.54, 1.807) is 0 Å². The minimum Gasteiger partial charge on any atom is -0.330 e. The fourth-order valence-electron chi connectivity index (χ4n) is 3.50. The molecule has 1 saturated carbocycles. The third kappa shape index (κ3) is 4.99. The molecule has 0 aliphatic heterocycles. The largest absolute Gasteiger partial charge is 0.330 e. The molecule has 0 amide bonds. The minimum absolute atomic E-state index is 0.707. The molecule has 0 aromatic rings. The number of hydrogen-bond donors (Lipinski definition) is 1. The first-order chi connectivity index (χ1) is 8.19. The Hall–Kier alpha value is -0.0400. The summed E-state index contributed by atoms with van der Waals surface area (Å²) in [5.41, 5.74) is 5.80. The molecule has 3 unspecified atom stereocenters. The van der Waals surface area contributed by atoms with Gasteiger partial charge in [0.1, 0.15) is 0 Å². The van der Waals surface area contributed by atoms with Crippen molar-refractivity contribution >= 4 is 0 Å². The molecule has 1 fully saturated rings. The lowest BCUT2D eigenvalue weighted by Crippen LogP contribution is -2.22. The first kappa shape index (κ1) is 15.0. The molecule has 0 bridgehead atoms. The number of hydrogen-bond acceptors (Lipinski definition) is 1. The maximum Gasteiger partial charge on any atom is -0.00489 e. The van der Waals surface area contributed by atoms with Gasteiger partial charge >= 0.3 is 0 Å². The van der Waals surface area contributed by atoms with E-state index < -0.39 is 0 Å². The minimum atomic E-state index is 0.707. The normalized spacial score (nSPS) is 23.3. The van der Waals surface area contributed by atoms with E-state index in [1.807, 2.05) is 0 Å². The van der Waals surface area contributed by atoms with Gasteiger partial charge in [-0.1, -0.05) is 65.7 Å². The average Bonchev–Trinajstić information content (AvgIpc) is 2.39. The lowest BCUT2D eigenvalue weighted by atomic mass is 9.77. The van der Waals surface area contributed by atoms with E-state index >= 15 is 0 Å². The fraction of sp³-hybridized carbons (Fsp3) is 1.00. The Balaban J connectivity index is 2.27. The summed E-state index contributed by atoms with van der Waals surface area (Å²) in [6, 6.07) is 0. The van der Waals surface area contributed by atoms with Gasteiger partial charge in [0, 0.05) is 0 Å². The van der Waals surface area contributed by atoms with E-state index in [2.05, 4.69) is 20.8 Å². The van der Waals surface area contributed by atoms with Gasteiger partial charge < -0.3 is 5.73 Å². The molecule has 102 valence electrons. The van der Waals surface area contributed by atoms with Crippen LogP contribution in [0.25, 0.3) is 0 Å². The van der Waals surface area contributed by atoms with Crippen molar-refractivity contribution in [2.24, 2.45) is 29.4 Å². The first-order valence-electron chi connectivity index (χ1n) is 7.89. The first-order valence-corrected chi connectivity index (χ1v) is 7.89. The molecule has 0 saturated heterocycles. The highest BCUT2D eigenvalue weighted by atomic mass is 14.5. The van der Waals surface area contributed by atoms with Crippen LogP contribution in [0, 0.1) is 23.7 Å². The van der Waals surface area contributed by atoms with Crippen LogP contribution >= 0.6 is 0 Å². The molecule has 1 rings (SSSR count). The fourth-order valence-corrected chi connectivity index (χ4v) is 3.50. The lowest BCUT2D eigenvalue weighted by molar-refractivity contribution is 0.223. The third-order valence-corrected chi connectivity index (χ3v) is 5.15. The molecule has 1 heteroatoms. The Morgan fingerprint density at radius 3 is 2.24 bits per heavy atom. The van der Waals surface area contributed by atoms with E-state index in [0.29, 0.717) is 5.92 Å². The molecule has 1 aliphatic carbocycles. The van der Waals surface area contributed by atoms with Gasteiger partial charge in [-0.2, -0.15) is 0 Å². The maximum atomic E-state index is 5.80. The second-order valence-electron chi connectivity index (χ2n) is 6.33. The molecule has 17 heavy (non-hydrogen) atoms. The van der Waals surface area contributed by atoms with E-state index in [-0.39, 0.29) is 0 Å². The van der Waals surface area contributed by atoms with Crippen LogP contribution in [0.1, 0.15) is 72.1 Å². The van der Waals surface area contributed by atoms with Crippen LogP contribution < -0.4 is 5.73 Å². The zero-order valence-corrected chi connectivity index (χ0v) is 12.3. The number of nitrogens with two attached hydrogens (primary N) is 1. The van der Waals surface area contributed by atoms with Crippen LogP contribution in [0.3, 0.4) is 0 Å². The van der Waals surface area contributed by atoms with Crippen molar-refractivity contribution < 1.29 is 0 Å². The summed E-state index contributed by atoms with van der Waals surface area (Å²) in [5, 5.41) is 0. The van der Waals surface area contributed by atoms with Gasteiger partial charge in [-0.3, -0.25) is 0 Å². The summed E-state index contributed by atoms with van der Waals surface area (Å²) >= 11 is 0. The highest BCUT2D eigenvalue weighted by Gasteiger charge is 2.22. The van der Waals surface area contributed by atoms with Crippen LogP contribution in [0.4, 0.5) is 0 Å². The van der Waals surface area contributed by atoms with Gasteiger partial charge in [0.2, 0.25) is 0 Å². The molecule has 2 N–H and O–H groups in total. The quantitative estimate of drug-likeness (QED) is 0.690. The van der Waals surface area contributed by atoms with E-state index in [9.17, 15) is 0 Å². The maximum absolute atomic E-state index is 5.80. The zero-order valence-electron chi connectivity index (χ0n) is 12.3. The Labute approximate surface area is 109 Å². The topological polar surface area (TPSA) is 26.0 Å². The van der Waals surface area contributed by atoms with E-state index in [1.165, 1.54) is 51.4 Å². The van der Waals surface area contributed by atoms with Crippen molar-refractivity contribution in [1.82, 2.24) is 0 Å². The Kier molecular flexibility index (Phi) is 7.18. The molecular formula is C16H33N. The van der Waals surface area contributed by atoms with Crippen LogP contribution in [0.2, 0.25) is 0 Å².